The molecule has 0 aliphatic heterocycles. The Morgan fingerprint density at radius 2 is 1.71 bits per heavy atom. The van der Waals surface area contributed by atoms with Crippen LogP contribution in [0.1, 0.15) is 20.8 Å². The minimum Gasteiger partial charge on any atom is -0.461 e. The fourth-order valence-electron chi connectivity index (χ4n) is 0.351. The summed E-state index contributed by atoms with van der Waals surface area (Å²) in [5, 5.41) is 13.9. The first kappa shape index (κ1) is 15.0. The molecule has 14 heavy (non-hydrogen) atoms. The first-order valence-electron chi connectivity index (χ1n) is 3.91. The molecule has 0 saturated heterocycles. The van der Waals surface area contributed by atoms with Crippen molar-refractivity contribution in [2.24, 2.45) is 5.41 Å². The van der Waals surface area contributed by atoms with Crippen molar-refractivity contribution in [1.29, 1.82) is 0 Å². The highest BCUT2D eigenvalue weighted by molar-refractivity contribution is 5.75. The van der Waals surface area contributed by atoms with Gasteiger partial charge in [-0.3, -0.25) is 4.79 Å². The fraction of sp³-hybridized carbons (Fsp3) is 0.556. The van der Waals surface area contributed by atoms with Gasteiger partial charge in [-0.1, -0.05) is 12.7 Å². The molecule has 0 aromatic rings. The third-order valence-corrected chi connectivity index (χ3v) is 0.945. The second kappa shape index (κ2) is 6.94. The van der Waals surface area contributed by atoms with E-state index in [0.29, 0.717) is 6.61 Å². The van der Waals surface area contributed by atoms with E-state index in [4.69, 9.17) is 19.7 Å². The highest BCUT2D eigenvalue weighted by atomic mass is 16.6. The lowest BCUT2D eigenvalue weighted by Gasteiger charge is -2.15. The van der Waals surface area contributed by atoms with Gasteiger partial charge in [-0.25, -0.2) is 4.79 Å². The van der Waals surface area contributed by atoms with Crippen molar-refractivity contribution in [3.05, 3.63) is 12.7 Å². The van der Waals surface area contributed by atoms with Crippen molar-refractivity contribution in [3.63, 3.8) is 0 Å². The standard InChI is InChI=1S/C8H14O2.CH2O3/c1-5-6-10-7(9)8(2,3)4;2-1(3)4/h5H,1,6H2,2-4H3;(H2,2,3,4). The Morgan fingerprint density at radius 1 is 1.36 bits per heavy atom. The van der Waals surface area contributed by atoms with Crippen LogP contribution in [0.3, 0.4) is 0 Å². The van der Waals surface area contributed by atoms with Gasteiger partial charge in [0, 0.05) is 0 Å². The molecule has 0 saturated carbocycles. The van der Waals surface area contributed by atoms with E-state index in [1.54, 1.807) is 6.08 Å². The van der Waals surface area contributed by atoms with Crippen LogP contribution in [-0.2, 0) is 9.53 Å². The van der Waals surface area contributed by atoms with Gasteiger partial charge in [-0.15, -0.1) is 0 Å². The second-order valence-electron chi connectivity index (χ2n) is 3.42. The van der Waals surface area contributed by atoms with Gasteiger partial charge in [-0.05, 0) is 20.8 Å². The van der Waals surface area contributed by atoms with E-state index in [1.807, 2.05) is 20.8 Å². The summed E-state index contributed by atoms with van der Waals surface area (Å²) in [5.41, 5.74) is -0.400. The smallest absolute Gasteiger partial charge is 0.461 e. The largest absolute Gasteiger partial charge is 0.503 e. The van der Waals surface area contributed by atoms with Crippen LogP contribution in [0.4, 0.5) is 4.79 Å². The zero-order chi connectivity index (χ0) is 11.8. The Bertz CT molecular complexity index is 198. The summed E-state index contributed by atoms with van der Waals surface area (Å²) in [5.74, 6) is -0.188. The minimum atomic E-state index is -1.83. The van der Waals surface area contributed by atoms with Gasteiger partial charge in [0.1, 0.15) is 6.61 Å². The molecular weight excluding hydrogens is 188 g/mol. The van der Waals surface area contributed by atoms with Gasteiger partial charge in [0.05, 0.1) is 5.41 Å². The Labute approximate surface area is 83.0 Å². The average molecular weight is 204 g/mol. The lowest BCUT2D eigenvalue weighted by atomic mass is 9.97. The van der Waals surface area contributed by atoms with E-state index >= 15 is 0 Å². The number of carbonyl (C=O) groups excluding carboxylic acids is 1. The number of carbonyl (C=O) groups is 2. The van der Waals surface area contributed by atoms with Crippen LogP contribution in [0, 0.1) is 5.41 Å². The van der Waals surface area contributed by atoms with Crippen LogP contribution in [0.25, 0.3) is 0 Å². The number of hydrogen-bond donors (Lipinski definition) is 2. The lowest BCUT2D eigenvalue weighted by molar-refractivity contribution is -0.151. The molecule has 0 fully saturated rings. The molecule has 0 heterocycles. The Hall–Kier alpha value is -1.52. The van der Waals surface area contributed by atoms with Crippen molar-refractivity contribution in [2.45, 2.75) is 20.8 Å². The van der Waals surface area contributed by atoms with Crippen LogP contribution in [-0.4, -0.2) is 28.9 Å². The van der Waals surface area contributed by atoms with Gasteiger partial charge in [-0.2, -0.15) is 0 Å². The predicted molar refractivity (Wildman–Crippen MR) is 51.3 cm³/mol. The van der Waals surface area contributed by atoms with Crippen LogP contribution in [0.5, 0.6) is 0 Å². The van der Waals surface area contributed by atoms with Crippen LogP contribution >= 0.6 is 0 Å². The van der Waals surface area contributed by atoms with Gasteiger partial charge >= 0.3 is 12.1 Å². The van der Waals surface area contributed by atoms with Crippen LogP contribution < -0.4 is 0 Å². The summed E-state index contributed by atoms with van der Waals surface area (Å²) in [6.07, 6.45) is -0.274. The van der Waals surface area contributed by atoms with E-state index in [1.165, 1.54) is 0 Å². The van der Waals surface area contributed by atoms with E-state index in [-0.39, 0.29) is 5.97 Å². The quantitative estimate of drug-likeness (QED) is 0.530. The van der Waals surface area contributed by atoms with E-state index in [2.05, 4.69) is 6.58 Å². The van der Waals surface area contributed by atoms with E-state index < -0.39 is 11.6 Å². The minimum absolute atomic E-state index is 0.188. The molecule has 2 N–H and O–H groups in total. The molecule has 5 nitrogen and oxygen atoms in total. The highest BCUT2D eigenvalue weighted by Gasteiger charge is 2.22. The zero-order valence-electron chi connectivity index (χ0n) is 8.61. The molecule has 0 bridgehead atoms. The SMILES string of the molecule is C=CCOC(=O)C(C)(C)C.O=C(O)O. The molecule has 0 unspecified atom stereocenters. The summed E-state index contributed by atoms with van der Waals surface area (Å²) >= 11 is 0. The molecule has 0 rings (SSSR count). The average Bonchev–Trinajstić information content (AvgIpc) is 1.97. The number of hydrogen-bond acceptors (Lipinski definition) is 3. The summed E-state index contributed by atoms with van der Waals surface area (Å²) in [6, 6.07) is 0. The number of carboxylic acid groups (broad SMARTS) is 2. The molecule has 0 aliphatic rings. The van der Waals surface area contributed by atoms with Gasteiger partial charge in [0.15, 0.2) is 0 Å². The van der Waals surface area contributed by atoms with Crippen LogP contribution in [0.2, 0.25) is 0 Å². The first-order chi connectivity index (χ1) is 6.21. The van der Waals surface area contributed by atoms with E-state index in [0.717, 1.165) is 0 Å². The maximum Gasteiger partial charge on any atom is 0.503 e. The lowest BCUT2D eigenvalue weighted by Crippen LogP contribution is -2.22. The summed E-state index contributed by atoms with van der Waals surface area (Å²) < 4.78 is 4.80. The molecule has 0 aromatic heterocycles. The Balaban J connectivity index is 0. The normalized spacial score (nSPS) is 9.36. The fourth-order valence-corrected chi connectivity index (χ4v) is 0.351. The highest BCUT2D eigenvalue weighted by Crippen LogP contribution is 2.14. The molecule has 0 atom stereocenters. The molecule has 0 amide bonds. The maximum absolute atomic E-state index is 11.0. The zero-order valence-corrected chi connectivity index (χ0v) is 8.61. The summed E-state index contributed by atoms with van der Waals surface area (Å²) in [4.78, 5) is 19.5. The first-order valence-corrected chi connectivity index (χ1v) is 3.91. The van der Waals surface area contributed by atoms with Crippen LogP contribution in [0.15, 0.2) is 12.7 Å². The topological polar surface area (TPSA) is 83.8 Å². The van der Waals surface area contributed by atoms with Gasteiger partial charge in [0.2, 0.25) is 0 Å². The van der Waals surface area contributed by atoms with Crippen molar-refractivity contribution >= 4 is 12.1 Å². The molecule has 5 heteroatoms. The Morgan fingerprint density at radius 3 is 1.93 bits per heavy atom. The Kier molecular flexibility index (Phi) is 7.42. The monoisotopic (exact) mass is 204 g/mol. The summed E-state index contributed by atoms with van der Waals surface area (Å²) in [6.45, 7) is 9.19. The van der Waals surface area contributed by atoms with Gasteiger partial charge < -0.3 is 14.9 Å². The van der Waals surface area contributed by atoms with Gasteiger partial charge in [0.25, 0.3) is 0 Å². The number of ether oxygens (including phenoxy) is 1. The van der Waals surface area contributed by atoms with Crippen molar-refractivity contribution in [1.82, 2.24) is 0 Å². The van der Waals surface area contributed by atoms with Crippen molar-refractivity contribution < 1.29 is 24.5 Å². The van der Waals surface area contributed by atoms with Crippen molar-refractivity contribution in [2.75, 3.05) is 6.61 Å². The third-order valence-electron chi connectivity index (χ3n) is 0.945. The number of rotatable bonds is 2. The predicted octanol–water partition coefficient (Wildman–Crippen LogP) is 1.98. The molecule has 0 spiro atoms. The molecular formula is C9H16O5. The van der Waals surface area contributed by atoms with E-state index in [9.17, 15) is 4.79 Å². The molecule has 82 valence electrons. The third kappa shape index (κ3) is 13.1. The summed E-state index contributed by atoms with van der Waals surface area (Å²) in [7, 11) is 0. The van der Waals surface area contributed by atoms with Crippen molar-refractivity contribution in [3.8, 4) is 0 Å². The second-order valence-corrected chi connectivity index (χ2v) is 3.42. The molecule has 0 radical (unpaired) electrons. The maximum atomic E-state index is 11.0. The molecule has 0 aromatic carbocycles. The number of esters is 1. The molecule has 0 aliphatic carbocycles.